The van der Waals surface area contributed by atoms with Crippen LogP contribution in [0.15, 0.2) is 30.3 Å². The van der Waals surface area contributed by atoms with Crippen LogP contribution in [0.1, 0.15) is 64.9 Å². The number of ether oxygens (including phenoxy) is 1. The molecule has 36 heavy (non-hydrogen) atoms. The first-order chi connectivity index (χ1) is 17.2. The monoisotopic (exact) mass is 497 g/mol. The number of amides is 3. The molecule has 1 aromatic rings. The van der Waals surface area contributed by atoms with E-state index < -0.39 is 35.1 Å². The highest BCUT2D eigenvalue weighted by atomic mass is 16.5. The standard InChI is InChI=1S/C28H39N3O5/c1-17-14-28-22(21(27(17,3)36-28)24(33)29-15-19-10-6-4-7-11-19)26(35)31(18(2)16-32)23(28)25(34)30-20-12-8-5-9-13-20/h4,6-7,10-11,17-18,20-23,32H,5,8-9,12-16H2,1-3H3,(H,29,33)(H,30,34)/t17?,18-,21-,22+,23?,27+,28?/m1/s1. The minimum atomic E-state index is -1.08. The Kier molecular flexibility index (Phi) is 6.62. The molecule has 3 aliphatic heterocycles. The number of carbonyl (C=O) groups is 3. The summed E-state index contributed by atoms with van der Waals surface area (Å²) in [7, 11) is 0. The number of benzene rings is 1. The van der Waals surface area contributed by atoms with Gasteiger partial charge in [0.1, 0.15) is 11.6 Å². The number of nitrogens with one attached hydrogen (secondary N) is 2. The molecule has 3 unspecified atom stereocenters. The van der Waals surface area contributed by atoms with Crippen LogP contribution in [0.5, 0.6) is 0 Å². The zero-order valence-corrected chi connectivity index (χ0v) is 21.5. The molecule has 1 aromatic carbocycles. The fourth-order valence-corrected chi connectivity index (χ4v) is 7.36. The van der Waals surface area contributed by atoms with Gasteiger partial charge in [0.25, 0.3) is 0 Å². The normalized spacial score (nSPS) is 36.6. The summed E-state index contributed by atoms with van der Waals surface area (Å²) in [5.41, 5.74) is -0.956. The summed E-state index contributed by atoms with van der Waals surface area (Å²) < 4.78 is 6.72. The van der Waals surface area contributed by atoms with Gasteiger partial charge < -0.3 is 25.4 Å². The average molecular weight is 498 g/mol. The molecule has 1 spiro atoms. The van der Waals surface area contributed by atoms with Crippen molar-refractivity contribution in [3.05, 3.63) is 35.9 Å². The van der Waals surface area contributed by atoms with Gasteiger partial charge in [-0.3, -0.25) is 14.4 Å². The van der Waals surface area contributed by atoms with Gasteiger partial charge in [0.15, 0.2) is 0 Å². The molecule has 3 amide bonds. The zero-order valence-electron chi connectivity index (χ0n) is 21.5. The van der Waals surface area contributed by atoms with Crippen LogP contribution in [0, 0.1) is 17.8 Å². The quantitative estimate of drug-likeness (QED) is 0.535. The Bertz CT molecular complexity index is 1010. The molecule has 0 aromatic heterocycles. The van der Waals surface area contributed by atoms with E-state index in [-0.39, 0.29) is 36.3 Å². The number of aliphatic hydroxyl groups excluding tert-OH is 1. The fourth-order valence-electron chi connectivity index (χ4n) is 7.36. The van der Waals surface area contributed by atoms with Gasteiger partial charge in [-0.05, 0) is 44.6 Å². The van der Waals surface area contributed by atoms with Crippen LogP contribution in [0.25, 0.3) is 0 Å². The van der Waals surface area contributed by atoms with Crippen molar-refractivity contribution in [1.82, 2.24) is 15.5 Å². The highest BCUT2D eigenvalue weighted by Crippen LogP contribution is 2.65. The molecule has 4 aliphatic rings. The highest BCUT2D eigenvalue weighted by Gasteiger charge is 2.80. The topological polar surface area (TPSA) is 108 Å². The van der Waals surface area contributed by atoms with Crippen molar-refractivity contribution in [2.75, 3.05) is 6.61 Å². The molecule has 3 heterocycles. The zero-order chi connectivity index (χ0) is 25.7. The molecule has 3 N–H and O–H groups in total. The summed E-state index contributed by atoms with van der Waals surface area (Å²) in [4.78, 5) is 43.0. The van der Waals surface area contributed by atoms with E-state index in [4.69, 9.17) is 4.74 Å². The number of nitrogens with zero attached hydrogens (tertiary/aromatic N) is 1. The van der Waals surface area contributed by atoms with Crippen LogP contribution in [-0.4, -0.2) is 63.7 Å². The lowest BCUT2D eigenvalue weighted by molar-refractivity contribution is -0.150. The summed E-state index contributed by atoms with van der Waals surface area (Å²) in [6, 6.07) is 8.32. The lowest BCUT2D eigenvalue weighted by Crippen LogP contribution is -2.59. The average Bonchev–Trinajstić information content (AvgIpc) is 3.40. The Morgan fingerprint density at radius 1 is 1.17 bits per heavy atom. The van der Waals surface area contributed by atoms with Crippen LogP contribution in [0.4, 0.5) is 0 Å². The second-order valence-corrected chi connectivity index (χ2v) is 11.5. The van der Waals surface area contributed by atoms with Crippen LogP contribution in [0.3, 0.4) is 0 Å². The van der Waals surface area contributed by atoms with Crippen molar-refractivity contribution < 1.29 is 24.2 Å². The van der Waals surface area contributed by atoms with Gasteiger partial charge in [0, 0.05) is 12.6 Å². The second-order valence-electron chi connectivity index (χ2n) is 11.5. The summed E-state index contributed by atoms with van der Waals surface area (Å²) >= 11 is 0. The first-order valence-corrected chi connectivity index (χ1v) is 13.5. The van der Waals surface area contributed by atoms with Crippen molar-refractivity contribution in [1.29, 1.82) is 0 Å². The minimum absolute atomic E-state index is 0.0108. The molecule has 3 saturated heterocycles. The SMILES string of the molecule is CC1CC23O[C@]1(C)[C@@H](C(=O)NCc1ccccc1)[C@H]2C(=O)N([C@H](C)CO)C3C(=O)NC1CCCCC1. The van der Waals surface area contributed by atoms with Crippen molar-refractivity contribution in [2.45, 2.75) is 95.2 Å². The van der Waals surface area contributed by atoms with Crippen molar-refractivity contribution in [2.24, 2.45) is 17.8 Å². The van der Waals surface area contributed by atoms with E-state index in [1.54, 1.807) is 6.92 Å². The van der Waals surface area contributed by atoms with E-state index in [2.05, 4.69) is 10.6 Å². The smallest absolute Gasteiger partial charge is 0.246 e. The number of aliphatic hydroxyl groups is 1. The Morgan fingerprint density at radius 3 is 2.53 bits per heavy atom. The molecule has 8 heteroatoms. The number of likely N-dealkylation sites (tertiary alicyclic amines) is 1. The third kappa shape index (κ3) is 3.84. The predicted molar refractivity (Wildman–Crippen MR) is 133 cm³/mol. The Morgan fingerprint density at radius 2 is 1.86 bits per heavy atom. The molecular formula is C28H39N3O5. The van der Waals surface area contributed by atoms with Crippen molar-refractivity contribution >= 4 is 17.7 Å². The van der Waals surface area contributed by atoms with Gasteiger partial charge in [0.2, 0.25) is 17.7 Å². The second kappa shape index (κ2) is 9.45. The van der Waals surface area contributed by atoms with Gasteiger partial charge in [-0.2, -0.15) is 0 Å². The number of fused-ring (bicyclic) bond motifs is 1. The number of rotatable bonds is 7. The van der Waals surface area contributed by atoms with Crippen LogP contribution < -0.4 is 10.6 Å². The molecular weight excluding hydrogens is 458 g/mol. The van der Waals surface area contributed by atoms with Gasteiger partial charge in [-0.15, -0.1) is 0 Å². The Labute approximate surface area is 213 Å². The lowest BCUT2D eigenvalue weighted by Gasteiger charge is -2.37. The maximum atomic E-state index is 14.0. The van der Waals surface area contributed by atoms with Crippen LogP contribution in [-0.2, 0) is 25.7 Å². The van der Waals surface area contributed by atoms with E-state index in [0.717, 1.165) is 31.2 Å². The van der Waals surface area contributed by atoms with Crippen molar-refractivity contribution in [3.63, 3.8) is 0 Å². The van der Waals surface area contributed by atoms with Crippen molar-refractivity contribution in [3.8, 4) is 0 Å². The first-order valence-electron chi connectivity index (χ1n) is 13.5. The molecule has 1 saturated carbocycles. The van der Waals surface area contributed by atoms with E-state index >= 15 is 0 Å². The Hall–Kier alpha value is -2.45. The van der Waals surface area contributed by atoms with Gasteiger partial charge in [-0.1, -0.05) is 56.5 Å². The summed E-state index contributed by atoms with van der Waals surface area (Å²) in [6.45, 7) is 5.80. The molecule has 0 radical (unpaired) electrons. The minimum Gasteiger partial charge on any atom is -0.394 e. The van der Waals surface area contributed by atoms with Gasteiger partial charge in [0.05, 0.1) is 30.1 Å². The van der Waals surface area contributed by atoms with E-state index in [1.165, 1.54) is 11.3 Å². The van der Waals surface area contributed by atoms with Gasteiger partial charge >= 0.3 is 0 Å². The third-order valence-corrected chi connectivity index (χ3v) is 9.28. The van der Waals surface area contributed by atoms with E-state index in [1.807, 2.05) is 44.2 Å². The number of hydrogen-bond donors (Lipinski definition) is 3. The molecule has 1 aliphatic carbocycles. The predicted octanol–water partition coefficient (Wildman–Crippen LogP) is 2.14. The van der Waals surface area contributed by atoms with Crippen LogP contribution >= 0.6 is 0 Å². The molecule has 196 valence electrons. The lowest BCUT2D eigenvalue weighted by atomic mass is 9.62. The highest BCUT2D eigenvalue weighted by molar-refractivity contribution is 5.99. The summed E-state index contributed by atoms with van der Waals surface area (Å²) in [6.07, 6.45) is 5.71. The summed E-state index contributed by atoms with van der Waals surface area (Å²) in [5.74, 6) is -2.19. The maximum absolute atomic E-state index is 14.0. The third-order valence-electron chi connectivity index (χ3n) is 9.28. The Balaban J connectivity index is 1.47. The molecule has 8 nitrogen and oxygen atoms in total. The molecule has 4 fully saturated rings. The largest absolute Gasteiger partial charge is 0.394 e. The number of carbonyl (C=O) groups excluding carboxylic acids is 3. The first kappa shape index (κ1) is 25.2. The molecule has 5 rings (SSSR count). The molecule has 2 bridgehead atoms. The van der Waals surface area contributed by atoms with E-state index in [0.29, 0.717) is 13.0 Å². The maximum Gasteiger partial charge on any atom is 0.246 e. The fraction of sp³-hybridized carbons (Fsp3) is 0.679. The van der Waals surface area contributed by atoms with Crippen LogP contribution in [0.2, 0.25) is 0 Å². The number of hydrogen-bond acceptors (Lipinski definition) is 5. The van der Waals surface area contributed by atoms with E-state index in [9.17, 15) is 19.5 Å². The van der Waals surface area contributed by atoms with Gasteiger partial charge in [-0.25, -0.2) is 0 Å². The summed E-state index contributed by atoms with van der Waals surface area (Å²) in [5, 5.41) is 16.2. The molecule has 7 atom stereocenters.